The number of benzene rings is 1. The molecule has 0 heterocycles. The van der Waals surface area contributed by atoms with Crippen LogP contribution in [0.4, 0.5) is 4.39 Å². The highest BCUT2D eigenvalue weighted by atomic mass is 19.1. The Hall–Kier alpha value is -1.31. The molecule has 2 heteroatoms. The van der Waals surface area contributed by atoms with Gasteiger partial charge in [-0.2, -0.15) is 0 Å². The fourth-order valence-electron chi connectivity index (χ4n) is 1.12. The van der Waals surface area contributed by atoms with Gasteiger partial charge < -0.3 is 4.74 Å². The lowest BCUT2D eigenvalue weighted by Crippen LogP contribution is -1.97. The number of ether oxygens (including phenoxy) is 1. The molecule has 1 rings (SSSR count). The topological polar surface area (TPSA) is 9.23 Å². The Morgan fingerprint density at radius 1 is 1.50 bits per heavy atom. The molecule has 1 nitrogen and oxygen atoms in total. The third-order valence-electron chi connectivity index (χ3n) is 1.95. The molecule has 76 valence electrons. The summed E-state index contributed by atoms with van der Waals surface area (Å²) in [7, 11) is 0. The Balaban J connectivity index is 2.43. The van der Waals surface area contributed by atoms with Crippen LogP contribution in [-0.2, 0) is 0 Å². The standard InChI is InChI=1S/C12H15FO/c1-3-4-5-8-14-11-6-7-12(13)10(2)9-11/h3,6-7,9H,1,4-5,8H2,2H3. The van der Waals surface area contributed by atoms with Crippen molar-refractivity contribution in [3.05, 3.63) is 42.2 Å². The van der Waals surface area contributed by atoms with Crippen molar-refractivity contribution >= 4 is 0 Å². The Morgan fingerprint density at radius 3 is 2.93 bits per heavy atom. The molecule has 0 aliphatic rings. The molecule has 0 aromatic heterocycles. The molecule has 0 aliphatic carbocycles. The van der Waals surface area contributed by atoms with Crippen molar-refractivity contribution in [1.29, 1.82) is 0 Å². The fraction of sp³-hybridized carbons (Fsp3) is 0.333. The van der Waals surface area contributed by atoms with E-state index in [9.17, 15) is 4.39 Å². The summed E-state index contributed by atoms with van der Waals surface area (Å²) in [5.41, 5.74) is 0.617. The van der Waals surface area contributed by atoms with Gasteiger partial charge in [-0.15, -0.1) is 6.58 Å². The van der Waals surface area contributed by atoms with Gasteiger partial charge >= 0.3 is 0 Å². The van der Waals surface area contributed by atoms with E-state index < -0.39 is 0 Å². The molecular formula is C12H15FO. The lowest BCUT2D eigenvalue weighted by molar-refractivity contribution is 0.311. The van der Waals surface area contributed by atoms with Crippen molar-refractivity contribution in [1.82, 2.24) is 0 Å². The number of hydrogen-bond acceptors (Lipinski definition) is 1. The summed E-state index contributed by atoms with van der Waals surface area (Å²) in [6, 6.07) is 4.79. The van der Waals surface area contributed by atoms with E-state index in [4.69, 9.17) is 4.74 Å². The van der Waals surface area contributed by atoms with Gasteiger partial charge in [0.2, 0.25) is 0 Å². The van der Waals surface area contributed by atoms with Crippen molar-refractivity contribution in [2.24, 2.45) is 0 Å². The van der Waals surface area contributed by atoms with Crippen molar-refractivity contribution in [2.75, 3.05) is 6.61 Å². The normalized spacial score (nSPS) is 9.86. The second-order valence-corrected chi connectivity index (χ2v) is 3.19. The van der Waals surface area contributed by atoms with Gasteiger partial charge in [0.15, 0.2) is 0 Å². The minimum atomic E-state index is -0.191. The SMILES string of the molecule is C=CCCCOc1ccc(F)c(C)c1. The molecule has 0 bridgehead atoms. The van der Waals surface area contributed by atoms with E-state index in [2.05, 4.69) is 6.58 Å². The van der Waals surface area contributed by atoms with E-state index in [-0.39, 0.29) is 5.82 Å². The van der Waals surface area contributed by atoms with Crippen LogP contribution in [0, 0.1) is 12.7 Å². The van der Waals surface area contributed by atoms with Gasteiger partial charge in [-0.25, -0.2) is 4.39 Å². The quantitative estimate of drug-likeness (QED) is 0.515. The largest absolute Gasteiger partial charge is 0.494 e. The summed E-state index contributed by atoms with van der Waals surface area (Å²) < 4.78 is 18.3. The molecule has 1 aromatic rings. The van der Waals surface area contributed by atoms with Crippen molar-refractivity contribution in [3.63, 3.8) is 0 Å². The van der Waals surface area contributed by atoms with Crippen LogP contribution in [-0.4, -0.2) is 6.61 Å². The zero-order chi connectivity index (χ0) is 10.4. The van der Waals surface area contributed by atoms with Crippen molar-refractivity contribution < 1.29 is 9.13 Å². The molecule has 14 heavy (non-hydrogen) atoms. The molecule has 0 saturated carbocycles. The molecule has 0 saturated heterocycles. The first-order valence-corrected chi connectivity index (χ1v) is 4.74. The van der Waals surface area contributed by atoms with E-state index in [0.717, 1.165) is 18.6 Å². The van der Waals surface area contributed by atoms with E-state index in [0.29, 0.717) is 12.2 Å². The molecule has 0 aliphatic heterocycles. The highest BCUT2D eigenvalue weighted by Crippen LogP contribution is 2.16. The summed E-state index contributed by atoms with van der Waals surface area (Å²) >= 11 is 0. The molecule has 0 amide bonds. The summed E-state index contributed by atoms with van der Waals surface area (Å²) in [5.74, 6) is 0.538. The van der Waals surface area contributed by atoms with Gasteiger partial charge in [-0.1, -0.05) is 6.08 Å². The van der Waals surface area contributed by atoms with Crippen LogP contribution >= 0.6 is 0 Å². The number of allylic oxidation sites excluding steroid dienone is 1. The van der Waals surface area contributed by atoms with Crippen LogP contribution in [0.25, 0.3) is 0 Å². The van der Waals surface area contributed by atoms with Crippen LogP contribution in [0.15, 0.2) is 30.9 Å². The van der Waals surface area contributed by atoms with Crippen LogP contribution < -0.4 is 4.74 Å². The maximum atomic E-state index is 12.9. The minimum absolute atomic E-state index is 0.191. The highest BCUT2D eigenvalue weighted by molar-refractivity contribution is 5.28. The molecule has 0 fully saturated rings. The average molecular weight is 194 g/mol. The number of rotatable bonds is 5. The lowest BCUT2D eigenvalue weighted by atomic mass is 10.2. The van der Waals surface area contributed by atoms with E-state index >= 15 is 0 Å². The van der Waals surface area contributed by atoms with Crippen molar-refractivity contribution in [3.8, 4) is 5.75 Å². The Bertz CT molecular complexity index is 307. The summed E-state index contributed by atoms with van der Waals surface area (Å²) in [4.78, 5) is 0. The minimum Gasteiger partial charge on any atom is -0.494 e. The third-order valence-corrected chi connectivity index (χ3v) is 1.95. The second-order valence-electron chi connectivity index (χ2n) is 3.19. The van der Waals surface area contributed by atoms with Crippen molar-refractivity contribution in [2.45, 2.75) is 19.8 Å². The lowest BCUT2D eigenvalue weighted by Gasteiger charge is -2.06. The average Bonchev–Trinajstić information content (AvgIpc) is 2.18. The van der Waals surface area contributed by atoms with Gasteiger partial charge in [-0.05, 0) is 43.5 Å². The number of halogens is 1. The first-order valence-electron chi connectivity index (χ1n) is 4.74. The van der Waals surface area contributed by atoms with Gasteiger partial charge in [-0.3, -0.25) is 0 Å². The predicted molar refractivity (Wildman–Crippen MR) is 56.1 cm³/mol. The molecule has 0 spiro atoms. The molecule has 0 unspecified atom stereocenters. The summed E-state index contributed by atoms with van der Waals surface area (Å²) in [6.45, 7) is 6.00. The van der Waals surface area contributed by atoms with Gasteiger partial charge in [0.05, 0.1) is 6.61 Å². The molecule has 0 N–H and O–H groups in total. The van der Waals surface area contributed by atoms with Gasteiger partial charge in [0.25, 0.3) is 0 Å². The van der Waals surface area contributed by atoms with E-state index in [1.807, 2.05) is 6.08 Å². The molecule has 1 aromatic carbocycles. The maximum Gasteiger partial charge on any atom is 0.126 e. The molecular weight excluding hydrogens is 179 g/mol. The zero-order valence-electron chi connectivity index (χ0n) is 8.42. The first-order chi connectivity index (χ1) is 6.74. The Kier molecular flexibility index (Phi) is 4.17. The van der Waals surface area contributed by atoms with E-state index in [1.165, 1.54) is 6.07 Å². The predicted octanol–water partition coefficient (Wildman–Crippen LogP) is 3.48. The maximum absolute atomic E-state index is 12.9. The zero-order valence-corrected chi connectivity index (χ0v) is 8.42. The van der Waals surface area contributed by atoms with Gasteiger partial charge in [0.1, 0.15) is 11.6 Å². The Labute approximate surface area is 84.2 Å². The van der Waals surface area contributed by atoms with Crippen LogP contribution in [0.3, 0.4) is 0 Å². The molecule has 0 atom stereocenters. The summed E-state index contributed by atoms with van der Waals surface area (Å²) in [5, 5.41) is 0. The number of unbranched alkanes of at least 4 members (excludes halogenated alkanes) is 1. The van der Waals surface area contributed by atoms with Crippen LogP contribution in [0.1, 0.15) is 18.4 Å². The summed E-state index contributed by atoms with van der Waals surface area (Å²) in [6.07, 6.45) is 3.75. The van der Waals surface area contributed by atoms with Crippen LogP contribution in [0.5, 0.6) is 5.75 Å². The van der Waals surface area contributed by atoms with Crippen LogP contribution in [0.2, 0.25) is 0 Å². The van der Waals surface area contributed by atoms with Gasteiger partial charge in [0, 0.05) is 0 Å². The number of aryl methyl sites for hydroxylation is 1. The molecule has 0 radical (unpaired) electrons. The highest BCUT2D eigenvalue weighted by Gasteiger charge is 1.98. The second kappa shape index (κ2) is 5.43. The Morgan fingerprint density at radius 2 is 2.29 bits per heavy atom. The third kappa shape index (κ3) is 3.21. The monoisotopic (exact) mass is 194 g/mol. The fourth-order valence-corrected chi connectivity index (χ4v) is 1.12. The first kappa shape index (κ1) is 10.8. The smallest absolute Gasteiger partial charge is 0.126 e. The number of hydrogen-bond donors (Lipinski definition) is 0. The van der Waals surface area contributed by atoms with E-state index in [1.54, 1.807) is 19.1 Å².